The molecular weight excluding hydrogens is 241 g/mol. The number of nitrogens with one attached hydrogen (secondary N) is 1. The van der Waals surface area contributed by atoms with Crippen LogP contribution in [-0.4, -0.2) is 12.0 Å². The van der Waals surface area contributed by atoms with Crippen LogP contribution in [0.15, 0.2) is 36.7 Å². The summed E-state index contributed by atoms with van der Waals surface area (Å²) >= 11 is 0. The Kier molecular flexibility index (Phi) is 4.12. The molecule has 0 fully saturated rings. The molecule has 0 amide bonds. The minimum absolute atomic E-state index is 0.0154. The van der Waals surface area contributed by atoms with Crippen molar-refractivity contribution in [1.29, 1.82) is 0 Å². The third kappa shape index (κ3) is 3.09. The van der Waals surface area contributed by atoms with E-state index in [0.29, 0.717) is 17.7 Å². The molecule has 2 rings (SSSR count). The highest BCUT2D eigenvalue weighted by Gasteiger charge is 2.13. The molecule has 3 nitrogen and oxygen atoms in total. The number of nitrogen functional groups attached to an aromatic ring is 1. The van der Waals surface area contributed by atoms with Crippen molar-refractivity contribution in [3.63, 3.8) is 0 Å². The first-order valence-corrected chi connectivity index (χ1v) is 6.23. The topological polar surface area (TPSA) is 50.9 Å². The Morgan fingerprint density at radius 3 is 2.79 bits per heavy atom. The average molecular weight is 259 g/mol. The van der Waals surface area contributed by atoms with Gasteiger partial charge in [-0.05, 0) is 49.2 Å². The second-order valence-electron chi connectivity index (χ2n) is 4.63. The Morgan fingerprint density at radius 1 is 1.37 bits per heavy atom. The Labute approximate surface area is 112 Å². The van der Waals surface area contributed by atoms with Gasteiger partial charge in [-0.15, -0.1) is 0 Å². The number of aromatic nitrogens is 1. The van der Waals surface area contributed by atoms with Crippen molar-refractivity contribution >= 4 is 5.69 Å². The molecule has 3 N–H and O–H groups in total. The molecule has 0 saturated heterocycles. The SMILES string of the molecule is CNC(Cc1cnccc1N)c1ccc(C)c(F)c1. The molecule has 0 spiro atoms. The molecule has 2 aromatic rings. The molecule has 4 heteroatoms. The third-order valence-corrected chi connectivity index (χ3v) is 3.31. The molecule has 19 heavy (non-hydrogen) atoms. The molecule has 1 atom stereocenters. The maximum atomic E-state index is 13.6. The molecular formula is C15H18FN3. The van der Waals surface area contributed by atoms with Gasteiger partial charge in [0.05, 0.1) is 0 Å². The quantitative estimate of drug-likeness (QED) is 0.887. The molecule has 0 aliphatic rings. The first kappa shape index (κ1) is 13.5. The number of hydrogen-bond acceptors (Lipinski definition) is 3. The number of benzene rings is 1. The summed E-state index contributed by atoms with van der Waals surface area (Å²) in [6, 6.07) is 7.09. The van der Waals surface area contributed by atoms with Crippen LogP contribution in [0.3, 0.4) is 0 Å². The number of halogens is 1. The van der Waals surface area contributed by atoms with E-state index in [1.165, 1.54) is 0 Å². The Hall–Kier alpha value is -1.94. The van der Waals surface area contributed by atoms with E-state index >= 15 is 0 Å². The zero-order valence-electron chi connectivity index (χ0n) is 11.2. The lowest BCUT2D eigenvalue weighted by Gasteiger charge is -2.18. The Balaban J connectivity index is 2.25. The van der Waals surface area contributed by atoms with Crippen LogP contribution >= 0.6 is 0 Å². The van der Waals surface area contributed by atoms with Gasteiger partial charge in [-0.3, -0.25) is 4.98 Å². The number of aryl methyl sites for hydroxylation is 1. The number of likely N-dealkylation sites (N-methyl/N-ethyl adjacent to an activating group) is 1. The van der Waals surface area contributed by atoms with Gasteiger partial charge in [-0.1, -0.05) is 12.1 Å². The van der Waals surface area contributed by atoms with Crippen molar-refractivity contribution in [3.05, 3.63) is 59.2 Å². The van der Waals surface area contributed by atoms with Gasteiger partial charge in [0, 0.05) is 24.1 Å². The highest BCUT2D eigenvalue weighted by molar-refractivity contribution is 5.45. The predicted molar refractivity (Wildman–Crippen MR) is 75.3 cm³/mol. The monoisotopic (exact) mass is 259 g/mol. The number of anilines is 1. The molecule has 0 aliphatic carbocycles. The molecule has 1 unspecified atom stereocenters. The van der Waals surface area contributed by atoms with Gasteiger partial charge < -0.3 is 11.1 Å². The number of pyridine rings is 1. The lowest BCUT2D eigenvalue weighted by molar-refractivity contribution is 0.574. The lowest BCUT2D eigenvalue weighted by Crippen LogP contribution is -2.19. The van der Waals surface area contributed by atoms with E-state index in [2.05, 4.69) is 10.3 Å². The fraction of sp³-hybridized carbons (Fsp3) is 0.267. The van der Waals surface area contributed by atoms with E-state index in [4.69, 9.17) is 5.73 Å². The molecule has 100 valence electrons. The van der Waals surface area contributed by atoms with Gasteiger partial charge in [0.1, 0.15) is 5.82 Å². The maximum absolute atomic E-state index is 13.6. The van der Waals surface area contributed by atoms with Gasteiger partial charge >= 0.3 is 0 Å². The minimum atomic E-state index is -0.183. The highest BCUT2D eigenvalue weighted by atomic mass is 19.1. The predicted octanol–water partition coefficient (Wildman–Crippen LogP) is 2.61. The fourth-order valence-corrected chi connectivity index (χ4v) is 2.04. The summed E-state index contributed by atoms with van der Waals surface area (Å²) in [4.78, 5) is 4.08. The van der Waals surface area contributed by atoms with Gasteiger partial charge in [0.25, 0.3) is 0 Å². The van der Waals surface area contributed by atoms with Gasteiger partial charge in [-0.2, -0.15) is 0 Å². The summed E-state index contributed by atoms with van der Waals surface area (Å²) in [7, 11) is 1.86. The summed E-state index contributed by atoms with van der Waals surface area (Å²) in [5, 5.41) is 3.19. The molecule has 0 radical (unpaired) electrons. The number of rotatable bonds is 4. The van der Waals surface area contributed by atoms with E-state index in [0.717, 1.165) is 11.1 Å². The van der Waals surface area contributed by atoms with E-state index in [9.17, 15) is 4.39 Å². The van der Waals surface area contributed by atoms with Crippen LogP contribution in [0.1, 0.15) is 22.7 Å². The van der Waals surface area contributed by atoms with Crippen LogP contribution in [0.5, 0.6) is 0 Å². The van der Waals surface area contributed by atoms with Crippen LogP contribution in [0.25, 0.3) is 0 Å². The summed E-state index contributed by atoms with van der Waals surface area (Å²) in [6.45, 7) is 1.76. The number of hydrogen-bond donors (Lipinski definition) is 2. The van der Waals surface area contributed by atoms with Gasteiger partial charge in [-0.25, -0.2) is 4.39 Å². The van der Waals surface area contributed by atoms with Crippen molar-refractivity contribution < 1.29 is 4.39 Å². The lowest BCUT2D eigenvalue weighted by atomic mass is 9.98. The molecule has 1 aromatic carbocycles. The maximum Gasteiger partial charge on any atom is 0.126 e. The van der Waals surface area contributed by atoms with Crippen molar-refractivity contribution in [3.8, 4) is 0 Å². The van der Waals surface area contributed by atoms with Crippen molar-refractivity contribution in [2.45, 2.75) is 19.4 Å². The molecule has 1 aromatic heterocycles. The van der Waals surface area contributed by atoms with Crippen LogP contribution in [0.4, 0.5) is 10.1 Å². The number of nitrogens with zero attached hydrogens (tertiary/aromatic N) is 1. The summed E-state index contributed by atoms with van der Waals surface area (Å²) in [5.41, 5.74) is 9.15. The molecule has 0 bridgehead atoms. The molecule has 1 heterocycles. The second-order valence-corrected chi connectivity index (χ2v) is 4.63. The van der Waals surface area contributed by atoms with Crippen LogP contribution < -0.4 is 11.1 Å². The van der Waals surface area contributed by atoms with Crippen LogP contribution in [-0.2, 0) is 6.42 Å². The summed E-state index contributed by atoms with van der Waals surface area (Å²) < 4.78 is 13.6. The van der Waals surface area contributed by atoms with Gasteiger partial charge in [0.15, 0.2) is 0 Å². The number of nitrogens with two attached hydrogens (primary N) is 1. The van der Waals surface area contributed by atoms with Crippen molar-refractivity contribution in [2.24, 2.45) is 0 Å². The van der Waals surface area contributed by atoms with Crippen LogP contribution in [0, 0.1) is 12.7 Å². The van der Waals surface area contributed by atoms with E-state index in [1.54, 1.807) is 37.5 Å². The molecule has 0 aliphatic heterocycles. The first-order valence-electron chi connectivity index (χ1n) is 6.23. The largest absolute Gasteiger partial charge is 0.398 e. The normalized spacial score (nSPS) is 12.4. The average Bonchev–Trinajstić information content (AvgIpc) is 2.41. The van der Waals surface area contributed by atoms with Crippen LogP contribution in [0.2, 0.25) is 0 Å². The van der Waals surface area contributed by atoms with Crippen molar-refractivity contribution in [1.82, 2.24) is 10.3 Å². The Bertz CT molecular complexity index is 569. The van der Waals surface area contributed by atoms with E-state index in [1.807, 2.05) is 13.1 Å². The zero-order valence-corrected chi connectivity index (χ0v) is 11.2. The molecule has 0 saturated carbocycles. The fourth-order valence-electron chi connectivity index (χ4n) is 2.04. The summed E-state index contributed by atoms with van der Waals surface area (Å²) in [5.74, 6) is -0.183. The van der Waals surface area contributed by atoms with E-state index < -0.39 is 0 Å². The smallest absolute Gasteiger partial charge is 0.126 e. The zero-order chi connectivity index (χ0) is 13.8. The van der Waals surface area contributed by atoms with Gasteiger partial charge in [0.2, 0.25) is 0 Å². The Morgan fingerprint density at radius 2 is 2.16 bits per heavy atom. The highest BCUT2D eigenvalue weighted by Crippen LogP contribution is 2.22. The van der Waals surface area contributed by atoms with Crippen molar-refractivity contribution in [2.75, 3.05) is 12.8 Å². The standard InChI is InChI=1S/C15H18FN3/c1-10-3-4-11(7-13(10)16)15(18-2)8-12-9-19-6-5-14(12)17/h3-7,9,15,18H,8H2,1-2H3,(H2,17,19). The summed E-state index contributed by atoms with van der Waals surface area (Å²) in [6.07, 6.45) is 4.10. The van der Waals surface area contributed by atoms with E-state index in [-0.39, 0.29) is 11.9 Å². The first-order chi connectivity index (χ1) is 9.11. The second kappa shape index (κ2) is 5.80. The minimum Gasteiger partial charge on any atom is -0.398 e. The third-order valence-electron chi connectivity index (χ3n) is 3.31.